The van der Waals surface area contributed by atoms with Crippen molar-refractivity contribution in [2.75, 3.05) is 0 Å². The number of nitrogens with zero attached hydrogens (tertiary/aromatic N) is 3. The van der Waals surface area contributed by atoms with Crippen LogP contribution in [0.2, 0.25) is 0 Å². The second kappa shape index (κ2) is 4.53. The minimum Gasteiger partial charge on any atom is -0.494 e. The Kier molecular flexibility index (Phi) is 2.63. The minimum atomic E-state index is 0.0736. The molecule has 2 N–H and O–H groups in total. The number of aryl methyl sites for hydroxylation is 1. The second-order valence-electron chi connectivity index (χ2n) is 5.22. The van der Waals surface area contributed by atoms with Gasteiger partial charge < -0.3 is 10.1 Å². The van der Waals surface area contributed by atoms with Gasteiger partial charge in [0.2, 0.25) is 5.88 Å². The van der Waals surface area contributed by atoms with E-state index in [2.05, 4.69) is 28.0 Å². The first-order valence-electron chi connectivity index (χ1n) is 7.17. The number of aromatic amines is 1. The first kappa shape index (κ1) is 12.8. The predicted molar refractivity (Wildman–Crippen MR) is 85.3 cm³/mol. The molecule has 22 heavy (non-hydrogen) atoms. The lowest BCUT2D eigenvalue weighted by Crippen LogP contribution is -2.31. The molecule has 5 heteroatoms. The SMILES string of the molecule is C=C1C(c2c(O)[nH]c3ncccc23)=Nc2c1ccc[n+]2CC. The van der Waals surface area contributed by atoms with Gasteiger partial charge >= 0.3 is 5.82 Å². The average molecular weight is 291 g/mol. The predicted octanol–water partition coefficient (Wildman–Crippen LogP) is 2.72. The molecule has 0 aromatic carbocycles. The maximum Gasteiger partial charge on any atom is 0.331 e. The van der Waals surface area contributed by atoms with E-state index in [4.69, 9.17) is 4.99 Å². The molecule has 1 aliphatic rings. The number of rotatable bonds is 2. The molecule has 0 aliphatic carbocycles. The van der Waals surface area contributed by atoms with Gasteiger partial charge in [0.15, 0.2) is 5.71 Å². The van der Waals surface area contributed by atoms with E-state index in [1.54, 1.807) is 6.20 Å². The number of pyridine rings is 2. The van der Waals surface area contributed by atoms with Crippen LogP contribution in [0.3, 0.4) is 0 Å². The molecule has 0 radical (unpaired) electrons. The van der Waals surface area contributed by atoms with Crippen molar-refractivity contribution in [1.82, 2.24) is 9.97 Å². The van der Waals surface area contributed by atoms with Crippen LogP contribution < -0.4 is 4.57 Å². The molecule has 3 aromatic heterocycles. The van der Waals surface area contributed by atoms with Crippen molar-refractivity contribution in [3.63, 3.8) is 0 Å². The third-order valence-corrected chi connectivity index (χ3v) is 4.00. The highest BCUT2D eigenvalue weighted by molar-refractivity contribution is 6.38. The molecule has 0 bridgehead atoms. The number of H-pyrrole nitrogens is 1. The number of allylic oxidation sites excluding steroid dienone is 1. The number of fused-ring (bicyclic) bond motifs is 2. The van der Waals surface area contributed by atoms with Crippen LogP contribution in [0.4, 0.5) is 5.82 Å². The van der Waals surface area contributed by atoms with E-state index in [0.717, 1.165) is 28.9 Å². The Hall–Kier alpha value is -2.95. The maximum absolute atomic E-state index is 10.3. The zero-order chi connectivity index (χ0) is 15.3. The highest BCUT2D eigenvalue weighted by atomic mass is 16.3. The molecule has 0 amide bonds. The summed E-state index contributed by atoms with van der Waals surface area (Å²) < 4.78 is 2.07. The fraction of sp³-hybridized carbons (Fsp3) is 0.118. The summed E-state index contributed by atoms with van der Waals surface area (Å²) in [5, 5.41) is 11.1. The van der Waals surface area contributed by atoms with Gasteiger partial charge in [0.1, 0.15) is 5.65 Å². The van der Waals surface area contributed by atoms with E-state index in [1.807, 2.05) is 30.5 Å². The first-order chi connectivity index (χ1) is 10.7. The third-order valence-electron chi connectivity index (χ3n) is 4.00. The summed E-state index contributed by atoms with van der Waals surface area (Å²) in [6.07, 6.45) is 3.68. The highest BCUT2D eigenvalue weighted by Gasteiger charge is 2.34. The van der Waals surface area contributed by atoms with E-state index in [-0.39, 0.29) is 5.88 Å². The van der Waals surface area contributed by atoms with Gasteiger partial charge in [-0.15, -0.1) is 0 Å². The van der Waals surface area contributed by atoms with Gasteiger partial charge in [0.25, 0.3) is 0 Å². The molecule has 0 fully saturated rings. The van der Waals surface area contributed by atoms with Crippen molar-refractivity contribution in [2.24, 2.45) is 4.99 Å². The van der Waals surface area contributed by atoms with Crippen LogP contribution in [0.5, 0.6) is 5.88 Å². The molecular weight excluding hydrogens is 276 g/mol. The van der Waals surface area contributed by atoms with Gasteiger partial charge in [-0.3, -0.25) is 0 Å². The standard InChI is InChI=1S/C17H14N4O/c1-3-21-9-5-7-11-10(2)14(19-16(11)21)13-12-6-4-8-18-15(12)20-17(13)22/h4-9H,2-3H2,1H3,(H,18,20,22)/p+1. The Morgan fingerprint density at radius 1 is 1.32 bits per heavy atom. The van der Waals surface area contributed by atoms with Crippen LogP contribution in [-0.2, 0) is 6.54 Å². The minimum absolute atomic E-state index is 0.0736. The van der Waals surface area contributed by atoms with Crippen molar-refractivity contribution in [2.45, 2.75) is 13.5 Å². The van der Waals surface area contributed by atoms with E-state index in [1.165, 1.54) is 0 Å². The fourth-order valence-corrected chi connectivity index (χ4v) is 2.91. The van der Waals surface area contributed by atoms with Crippen LogP contribution in [0.1, 0.15) is 18.1 Å². The topological polar surface area (TPSA) is 65.1 Å². The Morgan fingerprint density at radius 2 is 2.18 bits per heavy atom. The van der Waals surface area contributed by atoms with Crippen LogP contribution in [-0.4, -0.2) is 20.8 Å². The molecule has 0 saturated carbocycles. The van der Waals surface area contributed by atoms with Gasteiger partial charge in [-0.2, -0.15) is 0 Å². The van der Waals surface area contributed by atoms with E-state index >= 15 is 0 Å². The third kappa shape index (κ3) is 1.62. The van der Waals surface area contributed by atoms with Crippen molar-refractivity contribution in [3.05, 3.63) is 54.4 Å². The molecular formula is C17H15N4O+. The lowest BCUT2D eigenvalue weighted by Gasteiger charge is -1.99. The fourth-order valence-electron chi connectivity index (χ4n) is 2.91. The quantitative estimate of drug-likeness (QED) is 0.713. The van der Waals surface area contributed by atoms with E-state index in [9.17, 15) is 5.11 Å². The monoisotopic (exact) mass is 291 g/mol. The lowest BCUT2D eigenvalue weighted by molar-refractivity contribution is -0.680. The van der Waals surface area contributed by atoms with Gasteiger partial charge in [-0.05, 0) is 36.2 Å². The summed E-state index contributed by atoms with van der Waals surface area (Å²) in [5.41, 5.74) is 3.81. The molecule has 1 aliphatic heterocycles. The average Bonchev–Trinajstić information content (AvgIpc) is 3.03. The number of hydrogen-bond acceptors (Lipinski definition) is 3. The Bertz CT molecular complexity index is 952. The molecule has 0 spiro atoms. The summed E-state index contributed by atoms with van der Waals surface area (Å²) in [5.74, 6) is 0.951. The zero-order valence-electron chi connectivity index (χ0n) is 12.2. The van der Waals surface area contributed by atoms with E-state index in [0.29, 0.717) is 16.9 Å². The number of nitrogens with one attached hydrogen (secondary N) is 1. The summed E-state index contributed by atoms with van der Waals surface area (Å²) in [4.78, 5) is 11.9. The van der Waals surface area contributed by atoms with Crippen molar-refractivity contribution >= 4 is 28.1 Å². The highest BCUT2D eigenvalue weighted by Crippen LogP contribution is 2.38. The number of hydrogen-bond donors (Lipinski definition) is 2. The van der Waals surface area contributed by atoms with Gasteiger partial charge in [0.05, 0.1) is 23.9 Å². The number of aliphatic imine (C=N–C) groups is 1. The van der Waals surface area contributed by atoms with Gasteiger partial charge in [-0.1, -0.05) is 6.58 Å². The van der Waals surface area contributed by atoms with Gasteiger partial charge in [0, 0.05) is 17.2 Å². The van der Waals surface area contributed by atoms with Crippen LogP contribution >= 0.6 is 0 Å². The Balaban J connectivity index is 1.97. The van der Waals surface area contributed by atoms with Crippen LogP contribution in [0.15, 0.2) is 48.2 Å². The molecule has 4 heterocycles. The molecule has 0 saturated heterocycles. The molecule has 0 atom stereocenters. The smallest absolute Gasteiger partial charge is 0.331 e. The Labute approximate surface area is 127 Å². The number of aromatic hydroxyl groups is 1. The lowest BCUT2D eigenvalue weighted by atomic mass is 10.0. The Morgan fingerprint density at radius 3 is 3.00 bits per heavy atom. The second-order valence-corrected chi connectivity index (χ2v) is 5.22. The van der Waals surface area contributed by atoms with E-state index < -0.39 is 0 Å². The molecule has 108 valence electrons. The summed E-state index contributed by atoms with van der Waals surface area (Å²) in [7, 11) is 0. The zero-order valence-corrected chi connectivity index (χ0v) is 12.2. The summed E-state index contributed by atoms with van der Waals surface area (Å²) in [6.45, 7) is 7.07. The molecule has 0 unspecified atom stereocenters. The van der Waals surface area contributed by atoms with Crippen molar-refractivity contribution in [1.29, 1.82) is 0 Å². The van der Waals surface area contributed by atoms with Gasteiger partial charge in [-0.25, -0.2) is 9.55 Å². The molecule has 5 nitrogen and oxygen atoms in total. The molecule has 3 aromatic rings. The van der Waals surface area contributed by atoms with Crippen LogP contribution in [0.25, 0.3) is 16.6 Å². The maximum atomic E-state index is 10.3. The number of aromatic nitrogens is 3. The van der Waals surface area contributed by atoms with Crippen molar-refractivity contribution in [3.8, 4) is 5.88 Å². The normalized spacial score (nSPS) is 13.5. The first-order valence-corrected chi connectivity index (χ1v) is 7.17. The summed E-state index contributed by atoms with van der Waals surface area (Å²) in [6, 6.07) is 7.75. The van der Waals surface area contributed by atoms with Crippen LogP contribution in [0, 0.1) is 0 Å². The van der Waals surface area contributed by atoms with Crippen molar-refractivity contribution < 1.29 is 9.67 Å². The largest absolute Gasteiger partial charge is 0.494 e. The summed E-state index contributed by atoms with van der Waals surface area (Å²) >= 11 is 0. The molecule has 4 rings (SSSR count).